The lowest BCUT2D eigenvalue weighted by atomic mass is 10.2. The summed E-state index contributed by atoms with van der Waals surface area (Å²) in [6.07, 6.45) is 2.62. The molecule has 0 aliphatic heterocycles. The number of carbonyl (C=O) groups excluding carboxylic acids is 1. The number of ether oxygens (including phenoxy) is 1. The Balaban J connectivity index is 2.33. The van der Waals surface area contributed by atoms with Crippen LogP contribution in [0.4, 0.5) is 0 Å². The van der Waals surface area contributed by atoms with Crippen molar-refractivity contribution in [1.29, 1.82) is 0 Å². The van der Waals surface area contributed by atoms with Crippen LogP contribution in [0.1, 0.15) is 27.3 Å². The van der Waals surface area contributed by atoms with Crippen molar-refractivity contribution in [2.75, 3.05) is 7.11 Å². The van der Waals surface area contributed by atoms with E-state index in [0.29, 0.717) is 12.4 Å². The van der Waals surface area contributed by atoms with Crippen molar-refractivity contribution in [2.24, 2.45) is 0 Å². The summed E-state index contributed by atoms with van der Waals surface area (Å²) in [5.74, 6) is 0.602. The minimum Gasteiger partial charge on any atom is -0.481 e. The molecule has 0 aliphatic carbocycles. The lowest BCUT2D eigenvalue weighted by molar-refractivity contribution is 0.112. The number of carbonyl (C=O) groups is 1. The number of hydrogen-bond acceptors (Lipinski definition) is 3. The number of rotatable bonds is 4. The summed E-state index contributed by atoms with van der Waals surface area (Å²) in [5, 5.41) is 0. The molecule has 0 unspecified atom stereocenters. The highest BCUT2D eigenvalue weighted by atomic mass is 16.5. The van der Waals surface area contributed by atoms with E-state index < -0.39 is 0 Å². The number of nitrogens with zero attached hydrogens (tertiary/aromatic N) is 2. The first kappa shape index (κ1) is 12.4. The van der Waals surface area contributed by atoms with Crippen LogP contribution in [0.5, 0.6) is 5.88 Å². The van der Waals surface area contributed by atoms with Gasteiger partial charge in [0.25, 0.3) is 0 Å². The Kier molecular flexibility index (Phi) is 3.46. The third-order valence-corrected chi connectivity index (χ3v) is 3.09. The molecule has 0 aliphatic rings. The number of aldehydes is 1. The van der Waals surface area contributed by atoms with Crippen molar-refractivity contribution in [1.82, 2.24) is 9.55 Å². The maximum atomic E-state index is 10.9. The topological polar surface area (TPSA) is 44.1 Å². The summed E-state index contributed by atoms with van der Waals surface area (Å²) in [6.45, 7) is 4.66. The third kappa shape index (κ3) is 2.27. The predicted molar refractivity (Wildman–Crippen MR) is 69.2 cm³/mol. The van der Waals surface area contributed by atoms with Gasteiger partial charge >= 0.3 is 0 Å². The molecule has 2 aromatic rings. The maximum Gasteiger partial charge on any atom is 0.213 e. The Labute approximate surface area is 106 Å². The molecule has 2 rings (SSSR count). The maximum absolute atomic E-state index is 10.9. The number of methoxy groups -OCH3 is 1. The first-order valence-corrected chi connectivity index (χ1v) is 5.76. The van der Waals surface area contributed by atoms with Gasteiger partial charge in [-0.15, -0.1) is 0 Å². The normalized spacial score (nSPS) is 10.4. The van der Waals surface area contributed by atoms with E-state index in [-0.39, 0.29) is 0 Å². The van der Waals surface area contributed by atoms with E-state index in [1.54, 1.807) is 13.3 Å². The summed E-state index contributed by atoms with van der Waals surface area (Å²) >= 11 is 0. The molecule has 0 atom stereocenters. The summed E-state index contributed by atoms with van der Waals surface area (Å²) in [5.41, 5.74) is 3.90. The Morgan fingerprint density at radius 2 is 2.17 bits per heavy atom. The average Bonchev–Trinajstić information content (AvgIpc) is 2.66. The zero-order valence-electron chi connectivity index (χ0n) is 10.8. The van der Waals surface area contributed by atoms with Crippen LogP contribution in [0.25, 0.3) is 0 Å². The number of pyridine rings is 1. The van der Waals surface area contributed by atoms with Crippen molar-refractivity contribution in [3.05, 3.63) is 46.9 Å². The van der Waals surface area contributed by atoms with E-state index in [9.17, 15) is 4.79 Å². The minimum atomic E-state index is 0.602. The lowest BCUT2D eigenvalue weighted by Gasteiger charge is -2.10. The van der Waals surface area contributed by atoms with E-state index in [4.69, 9.17) is 4.74 Å². The SMILES string of the molecule is COc1cc(Cn2c(C)cc(C=O)c2C)ccn1. The molecule has 0 saturated heterocycles. The van der Waals surface area contributed by atoms with Crippen LogP contribution < -0.4 is 4.74 Å². The first-order valence-electron chi connectivity index (χ1n) is 5.76. The lowest BCUT2D eigenvalue weighted by Crippen LogP contribution is -2.04. The van der Waals surface area contributed by atoms with Gasteiger partial charge in [0.15, 0.2) is 6.29 Å². The number of hydrogen-bond donors (Lipinski definition) is 0. The highest BCUT2D eigenvalue weighted by molar-refractivity contribution is 5.77. The monoisotopic (exact) mass is 244 g/mol. The fourth-order valence-electron chi connectivity index (χ4n) is 2.03. The van der Waals surface area contributed by atoms with Gasteiger partial charge in [-0.3, -0.25) is 4.79 Å². The van der Waals surface area contributed by atoms with Gasteiger partial charge in [-0.25, -0.2) is 4.98 Å². The number of aromatic nitrogens is 2. The second-order valence-electron chi connectivity index (χ2n) is 4.24. The second-order valence-corrected chi connectivity index (χ2v) is 4.24. The molecular formula is C14H16N2O2. The van der Waals surface area contributed by atoms with Crippen molar-refractivity contribution in [2.45, 2.75) is 20.4 Å². The molecule has 2 heterocycles. The molecule has 0 bridgehead atoms. The Morgan fingerprint density at radius 1 is 1.39 bits per heavy atom. The largest absolute Gasteiger partial charge is 0.481 e. The molecule has 18 heavy (non-hydrogen) atoms. The molecule has 4 nitrogen and oxygen atoms in total. The predicted octanol–water partition coefficient (Wildman–Crippen LogP) is 2.37. The highest BCUT2D eigenvalue weighted by Crippen LogP contribution is 2.17. The molecule has 0 saturated carbocycles. The molecule has 94 valence electrons. The van der Waals surface area contributed by atoms with E-state index in [0.717, 1.165) is 28.8 Å². The molecule has 0 amide bonds. The van der Waals surface area contributed by atoms with E-state index >= 15 is 0 Å². The van der Waals surface area contributed by atoms with Gasteiger partial charge in [0.1, 0.15) is 0 Å². The zero-order chi connectivity index (χ0) is 13.1. The molecular weight excluding hydrogens is 228 g/mol. The minimum absolute atomic E-state index is 0.602. The third-order valence-electron chi connectivity index (χ3n) is 3.09. The molecule has 0 N–H and O–H groups in total. The summed E-state index contributed by atoms with van der Waals surface area (Å²) < 4.78 is 7.21. The average molecular weight is 244 g/mol. The van der Waals surface area contributed by atoms with Crippen molar-refractivity contribution < 1.29 is 9.53 Å². The van der Waals surface area contributed by atoms with Crippen LogP contribution in [0.15, 0.2) is 24.4 Å². The van der Waals surface area contributed by atoms with Crippen LogP contribution in [0.2, 0.25) is 0 Å². The fraction of sp³-hybridized carbons (Fsp3) is 0.286. The molecule has 0 aromatic carbocycles. The molecule has 2 aromatic heterocycles. The van der Waals surface area contributed by atoms with E-state index in [2.05, 4.69) is 9.55 Å². The summed E-state index contributed by atoms with van der Waals surface area (Å²) in [4.78, 5) is 15.0. The Hall–Kier alpha value is -2.10. The van der Waals surface area contributed by atoms with Gasteiger partial charge in [-0.05, 0) is 31.5 Å². The van der Waals surface area contributed by atoms with E-state index in [1.807, 2.05) is 32.0 Å². The van der Waals surface area contributed by atoms with E-state index in [1.165, 1.54) is 0 Å². The quantitative estimate of drug-likeness (QED) is 0.775. The smallest absolute Gasteiger partial charge is 0.213 e. The van der Waals surface area contributed by atoms with Crippen LogP contribution >= 0.6 is 0 Å². The van der Waals surface area contributed by atoms with Gasteiger partial charge in [-0.1, -0.05) is 0 Å². The van der Waals surface area contributed by atoms with Gasteiger partial charge < -0.3 is 9.30 Å². The molecule has 0 fully saturated rings. The zero-order valence-corrected chi connectivity index (χ0v) is 10.8. The van der Waals surface area contributed by atoms with Gasteiger partial charge in [-0.2, -0.15) is 0 Å². The summed E-state index contributed by atoms with van der Waals surface area (Å²) in [6, 6.07) is 5.75. The molecule has 0 radical (unpaired) electrons. The van der Waals surface area contributed by atoms with Gasteiger partial charge in [0, 0.05) is 35.8 Å². The van der Waals surface area contributed by atoms with Crippen molar-refractivity contribution in [3.8, 4) is 5.88 Å². The first-order chi connectivity index (χ1) is 8.65. The van der Waals surface area contributed by atoms with Gasteiger partial charge in [0.2, 0.25) is 5.88 Å². The molecule has 4 heteroatoms. The molecule has 0 spiro atoms. The van der Waals surface area contributed by atoms with Crippen LogP contribution in [-0.4, -0.2) is 22.9 Å². The number of aryl methyl sites for hydroxylation is 1. The Bertz CT molecular complexity index is 573. The highest BCUT2D eigenvalue weighted by Gasteiger charge is 2.09. The fourth-order valence-corrected chi connectivity index (χ4v) is 2.03. The van der Waals surface area contributed by atoms with Crippen LogP contribution in [0.3, 0.4) is 0 Å². The summed E-state index contributed by atoms with van der Waals surface area (Å²) in [7, 11) is 1.60. The standard InChI is InChI=1S/C14H16N2O2/c1-10-6-13(9-17)11(2)16(10)8-12-4-5-15-14(7-12)18-3/h4-7,9H,8H2,1-3H3. The van der Waals surface area contributed by atoms with Crippen molar-refractivity contribution in [3.63, 3.8) is 0 Å². The van der Waals surface area contributed by atoms with Gasteiger partial charge in [0.05, 0.1) is 7.11 Å². The van der Waals surface area contributed by atoms with Crippen LogP contribution in [-0.2, 0) is 6.54 Å². The van der Waals surface area contributed by atoms with Crippen LogP contribution in [0, 0.1) is 13.8 Å². The second kappa shape index (κ2) is 5.04. The van der Waals surface area contributed by atoms with Crippen molar-refractivity contribution >= 4 is 6.29 Å². The Morgan fingerprint density at radius 3 is 2.78 bits per heavy atom.